The van der Waals surface area contributed by atoms with Crippen LogP contribution in [0.2, 0.25) is 5.02 Å². The van der Waals surface area contributed by atoms with Crippen LogP contribution in [0.1, 0.15) is 22.6 Å². The van der Waals surface area contributed by atoms with Crippen molar-refractivity contribution in [1.82, 2.24) is 9.97 Å². The third-order valence-corrected chi connectivity index (χ3v) is 4.16. The van der Waals surface area contributed by atoms with Gasteiger partial charge in [-0.25, -0.2) is 4.98 Å². The highest BCUT2D eigenvalue weighted by Gasteiger charge is 2.39. The Morgan fingerprint density at radius 2 is 1.87 bits per heavy atom. The first kappa shape index (κ1) is 21.2. The summed E-state index contributed by atoms with van der Waals surface area (Å²) in [6.45, 7) is 0. The van der Waals surface area contributed by atoms with Crippen LogP contribution < -0.4 is 15.0 Å². The lowest BCUT2D eigenvalue weighted by atomic mass is 10.1. The highest BCUT2D eigenvalue weighted by Crippen LogP contribution is 2.35. The third kappa shape index (κ3) is 4.90. The summed E-state index contributed by atoms with van der Waals surface area (Å²) in [5, 5.41) is 9.04. The van der Waals surface area contributed by atoms with Gasteiger partial charge in [0.05, 0.1) is 18.7 Å². The molecule has 0 radical (unpaired) electrons. The van der Waals surface area contributed by atoms with Crippen LogP contribution in [0.3, 0.4) is 0 Å². The molecule has 0 fully saturated rings. The molecule has 6 nitrogen and oxygen atoms in total. The molecule has 0 spiro atoms. The molecule has 1 aromatic heterocycles. The molecule has 0 unspecified atom stereocenters. The van der Waals surface area contributed by atoms with Gasteiger partial charge >= 0.3 is 6.18 Å². The van der Waals surface area contributed by atoms with Gasteiger partial charge in [-0.3, -0.25) is 4.79 Å². The number of nitrogens with one attached hydrogen (secondary N) is 1. The van der Waals surface area contributed by atoms with Crippen LogP contribution in [0.5, 0.6) is 17.2 Å². The van der Waals surface area contributed by atoms with E-state index < -0.39 is 23.2 Å². The molecule has 0 atom stereocenters. The van der Waals surface area contributed by atoms with E-state index in [2.05, 4.69) is 9.97 Å². The van der Waals surface area contributed by atoms with Crippen LogP contribution in [-0.2, 0) is 12.6 Å². The number of benzene rings is 2. The van der Waals surface area contributed by atoms with Gasteiger partial charge in [-0.05, 0) is 35.9 Å². The summed E-state index contributed by atoms with van der Waals surface area (Å²) in [5.74, 6) is -0.835. The summed E-state index contributed by atoms with van der Waals surface area (Å²) < 4.78 is 50.9. The number of aromatic nitrogens is 2. The number of methoxy groups -OCH3 is 1. The molecular formula is C20H13ClF3N3O3. The Hall–Kier alpha value is -3.51. The molecule has 0 aliphatic rings. The number of aromatic amines is 1. The minimum Gasteiger partial charge on any atom is -0.497 e. The number of ether oxygens (including phenoxy) is 2. The molecule has 1 heterocycles. The predicted molar refractivity (Wildman–Crippen MR) is 102 cm³/mol. The molecule has 3 aromatic rings. The lowest BCUT2D eigenvalue weighted by molar-refractivity contribution is -0.142. The van der Waals surface area contributed by atoms with Gasteiger partial charge in [-0.1, -0.05) is 23.7 Å². The molecule has 1 N–H and O–H groups in total. The Balaban J connectivity index is 2.01. The number of hydrogen-bond donors (Lipinski definition) is 1. The van der Waals surface area contributed by atoms with Gasteiger partial charge < -0.3 is 14.5 Å². The Bertz CT molecular complexity index is 1170. The Labute approximate surface area is 173 Å². The smallest absolute Gasteiger partial charge is 0.437 e. The normalized spacial score (nSPS) is 11.1. The van der Waals surface area contributed by atoms with Crippen LogP contribution in [0.25, 0.3) is 0 Å². The first-order valence-electron chi connectivity index (χ1n) is 8.41. The van der Waals surface area contributed by atoms with Crippen molar-refractivity contribution in [1.29, 1.82) is 5.26 Å². The molecule has 0 aliphatic carbocycles. The Kier molecular flexibility index (Phi) is 5.99. The summed E-state index contributed by atoms with van der Waals surface area (Å²) in [6.07, 6.45) is -4.99. The third-order valence-electron chi connectivity index (χ3n) is 3.95. The topological polar surface area (TPSA) is 88.0 Å². The van der Waals surface area contributed by atoms with Crippen LogP contribution in [0, 0.1) is 11.3 Å². The number of rotatable bonds is 5. The molecule has 0 saturated carbocycles. The second-order valence-electron chi connectivity index (χ2n) is 6.10. The van der Waals surface area contributed by atoms with Crippen molar-refractivity contribution >= 4 is 11.6 Å². The number of alkyl halides is 3. The van der Waals surface area contributed by atoms with Crippen LogP contribution in [0.4, 0.5) is 13.2 Å². The zero-order chi connectivity index (χ0) is 21.9. The van der Waals surface area contributed by atoms with E-state index in [1.54, 1.807) is 30.3 Å². The van der Waals surface area contributed by atoms with E-state index in [1.807, 2.05) is 0 Å². The lowest BCUT2D eigenvalue weighted by Gasteiger charge is -2.14. The van der Waals surface area contributed by atoms with E-state index in [0.717, 1.165) is 6.07 Å². The van der Waals surface area contributed by atoms with E-state index in [1.165, 1.54) is 19.2 Å². The zero-order valence-electron chi connectivity index (χ0n) is 15.4. The van der Waals surface area contributed by atoms with Crippen LogP contribution in [0.15, 0.2) is 47.3 Å². The van der Waals surface area contributed by atoms with Gasteiger partial charge in [0.15, 0.2) is 5.69 Å². The largest absolute Gasteiger partial charge is 0.497 e. The summed E-state index contributed by atoms with van der Waals surface area (Å²) >= 11 is 5.84. The van der Waals surface area contributed by atoms with Gasteiger partial charge in [0, 0.05) is 11.4 Å². The van der Waals surface area contributed by atoms with Crippen molar-refractivity contribution < 1.29 is 22.6 Å². The van der Waals surface area contributed by atoms with Gasteiger partial charge in [0.25, 0.3) is 5.56 Å². The molecule has 0 saturated heterocycles. The van der Waals surface area contributed by atoms with Crippen molar-refractivity contribution in [3.05, 3.63) is 80.5 Å². The average Bonchev–Trinajstić information content (AvgIpc) is 2.69. The molecule has 0 bridgehead atoms. The zero-order valence-corrected chi connectivity index (χ0v) is 16.1. The second-order valence-corrected chi connectivity index (χ2v) is 6.54. The van der Waals surface area contributed by atoms with Gasteiger partial charge in [-0.2, -0.15) is 18.4 Å². The van der Waals surface area contributed by atoms with Crippen molar-refractivity contribution in [3.8, 4) is 23.3 Å². The highest BCUT2D eigenvalue weighted by atomic mass is 35.5. The SMILES string of the molecule is COc1ccc(Cc2nc(C(F)(F)F)c(Oc3cc(Cl)cc(C#N)c3)c(=O)[nH]2)cc1. The van der Waals surface area contributed by atoms with Gasteiger partial charge in [-0.15, -0.1) is 0 Å². The number of hydrogen-bond acceptors (Lipinski definition) is 5. The second kappa shape index (κ2) is 8.47. The van der Waals surface area contributed by atoms with Crippen molar-refractivity contribution in [2.75, 3.05) is 7.11 Å². The Morgan fingerprint density at radius 1 is 1.17 bits per heavy atom. The maximum absolute atomic E-state index is 13.6. The van der Waals surface area contributed by atoms with E-state index in [-0.39, 0.29) is 28.6 Å². The van der Waals surface area contributed by atoms with Crippen LogP contribution >= 0.6 is 11.6 Å². The summed E-state index contributed by atoms with van der Waals surface area (Å²) in [4.78, 5) is 18.3. The number of H-pyrrole nitrogens is 1. The Morgan fingerprint density at radius 3 is 2.47 bits per heavy atom. The fraction of sp³-hybridized carbons (Fsp3) is 0.150. The van der Waals surface area contributed by atoms with Gasteiger partial charge in [0.1, 0.15) is 17.3 Å². The maximum Gasteiger partial charge on any atom is 0.437 e. The van der Waals surface area contributed by atoms with Crippen molar-refractivity contribution in [2.45, 2.75) is 12.6 Å². The van der Waals surface area contributed by atoms with E-state index in [9.17, 15) is 18.0 Å². The molecule has 0 aliphatic heterocycles. The lowest BCUT2D eigenvalue weighted by Crippen LogP contribution is -2.22. The maximum atomic E-state index is 13.6. The summed E-state index contributed by atoms with van der Waals surface area (Å²) in [7, 11) is 1.49. The molecule has 3 rings (SSSR count). The fourth-order valence-corrected chi connectivity index (χ4v) is 2.85. The first-order valence-corrected chi connectivity index (χ1v) is 8.79. The number of nitriles is 1. The molecule has 2 aromatic carbocycles. The van der Waals surface area contributed by atoms with Crippen molar-refractivity contribution in [3.63, 3.8) is 0 Å². The summed E-state index contributed by atoms with van der Waals surface area (Å²) in [5.41, 5.74) is -1.91. The fourth-order valence-electron chi connectivity index (χ4n) is 2.62. The minimum atomic E-state index is -4.95. The van der Waals surface area contributed by atoms with E-state index in [0.29, 0.717) is 11.3 Å². The standard InChI is InChI=1S/C20H13ClF3N3O3/c1-29-14-4-2-11(3-5-14)8-16-26-18(20(22,23)24)17(19(28)27-16)30-15-7-12(10-25)6-13(21)9-15/h2-7,9H,8H2,1H3,(H,26,27,28). The molecular weight excluding hydrogens is 423 g/mol. The van der Waals surface area contributed by atoms with Crippen LogP contribution in [-0.4, -0.2) is 17.1 Å². The first-order chi connectivity index (χ1) is 14.2. The monoisotopic (exact) mass is 435 g/mol. The van der Waals surface area contributed by atoms with E-state index in [4.69, 9.17) is 26.3 Å². The predicted octanol–water partition coefficient (Wildman–Crippen LogP) is 4.71. The average molecular weight is 436 g/mol. The molecule has 154 valence electrons. The molecule has 0 amide bonds. The molecule has 30 heavy (non-hydrogen) atoms. The highest BCUT2D eigenvalue weighted by molar-refractivity contribution is 6.30. The number of nitrogens with zero attached hydrogens (tertiary/aromatic N) is 2. The quantitative estimate of drug-likeness (QED) is 0.627. The minimum absolute atomic E-state index is 0.0433. The molecule has 10 heteroatoms. The van der Waals surface area contributed by atoms with Gasteiger partial charge in [0.2, 0.25) is 5.75 Å². The summed E-state index contributed by atoms with van der Waals surface area (Å²) in [6, 6.07) is 12.0. The number of halogens is 4. The van der Waals surface area contributed by atoms with Crippen molar-refractivity contribution in [2.24, 2.45) is 0 Å². The van der Waals surface area contributed by atoms with E-state index >= 15 is 0 Å².